The number of halogens is 2. The second kappa shape index (κ2) is 5.57. The molecule has 2 aromatic carbocycles. The Morgan fingerprint density at radius 2 is 1.17 bits per heavy atom. The van der Waals surface area contributed by atoms with Crippen LogP contribution in [-0.4, -0.2) is 8.07 Å². The zero-order valence-corrected chi connectivity index (χ0v) is 17.5. The van der Waals surface area contributed by atoms with Crippen molar-refractivity contribution < 1.29 is 0 Å². The maximum atomic E-state index is 3.71. The van der Waals surface area contributed by atoms with Crippen LogP contribution in [0.25, 0.3) is 12.2 Å². The highest BCUT2D eigenvalue weighted by atomic mass is 79.9. The van der Waals surface area contributed by atoms with Crippen LogP contribution in [0.15, 0.2) is 55.7 Å². The van der Waals surface area contributed by atoms with Gasteiger partial charge in [0, 0.05) is 8.95 Å². The van der Waals surface area contributed by atoms with E-state index >= 15 is 0 Å². The molecule has 23 heavy (non-hydrogen) atoms. The van der Waals surface area contributed by atoms with Crippen LogP contribution in [0.5, 0.6) is 0 Å². The molecule has 0 fully saturated rings. The van der Waals surface area contributed by atoms with Crippen LogP contribution in [-0.2, 0) is 12.8 Å². The van der Waals surface area contributed by atoms with Gasteiger partial charge in [-0.25, -0.2) is 0 Å². The zero-order valence-electron chi connectivity index (χ0n) is 13.3. The Hall–Kier alpha value is -0.903. The molecule has 116 valence electrons. The van der Waals surface area contributed by atoms with E-state index < -0.39 is 8.07 Å². The van der Waals surface area contributed by atoms with Crippen LogP contribution >= 0.6 is 31.9 Å². The second-order valence-electron chi connectivity index (χ2n) is 6.94. The summed E-state index contributed by atoms with van der Waals surface area (Å²) in [5, 5.41) is 3.30. The Morgan fingerprint density at radius 1 is 0.739 bits per heavy atom. The van der Waals surface area contributed by atoms with Gasteiger partial charge >= 0.3 is 0 Å². The van der Waals surface area contributed by atoms with Crippen molar-refractivity contribution in [2.24, 2.45) is 0 Å². The molecule has 0 unspecified atom stereocenters. The Morgan fingerprint density at radius 3 is 1.57 bits per heavy atom. The maximum absolute atomic E-state index is 3.71. The number of benzene rings is 2. The topological polar surface area (TPSA) is 0 Å². The molecule has 0 bridgehead atoms. The van der Waals surface area contributed by atoms with Crippen LogP contribution in [0.2, 0.25) is 13.1 Å². The standard InChI is InChI=1S/C20H18Br2Si/c1-23(2,15-9-13-5-3-7-19(21)17(13)11-15)16-10-14-6-4-8-20(22)18(14)12-16/h3-8,11-12H,9-10H2,1-2H3. The Balaban J connectivity index is 1.71. The summed E-state index contributed by atoms with van der Waals surface area (Å²) in [6.07, 6.45) is 7.13. The summed E-state index contributed by atoms with van der Waals surface area (Å²) in [6, 6.07) is 13.1. The Labute approximate surface area is 155 Å². The van der Waals surface area contributed by atoms with Crippen molar-refractivity contribution >= 4 is 52.1 Å². The molecular formula is C20H18Br2Si. The summed E-state index contributed by atoms with van der Waals surface area (Å²) in [6.45, 7) is 5.01. The van der Waals surface area contributed by atoms with E-state index in [1.165, 1.54) is 31.2 Å². The summed E-state index contributed by atoms with van der Waals surface area (Å²) < 4.78 is 2.45. The van der Waals surface area contributed by atoms with Crippen molar-refractivity contribution in [3.8, 4) is 0 Å². The largest absolute Gasteiger partial charge is 0.103 e. The monoisotopic (exact) mass is 444 g/mol. The van der Waals surface area contributed by atoms with Gasteiger partial charge in [0.1, 0.15) is 8.07 Å². The highest BCUT2D eigenvalue weighted by Gasteiger charge is 2.35. The van der Waals surface area contributed by atoms with Crippen LogP contribution in [0.4, 0.5) is 0 Å². The van der Waals surface area contributed by atoms with Crippen LogP contribution < -0.4 is 0 Å². The minimum atomic E-state index is -1.60. The molecule has 4 rings (SSSR count). The molecule has 0 amide bonds. The van der Waals surface area contributed by atoms with Crippen LogP contribution in [0.1, 0.15) is 22.3 Å². The van der Waals surface area contributed by atoms with Gasteiger partial charge in [-0.05, 0) is 47.2 Å². The van der Waals surface area contributed by atoms with Crippen molar-refractivity contribution in [1.82, 2.24) is 0 Å². The van der Waals surface area contributed by atoms with Crippen LogP contribution in [0.3, 0.4) is 0 Å². The fourth-order valence-corrected chi connectivity index (χ4v) is 7.40. The van der Waals surface area contributed by atoms with E-state index in [9.17, 15) is 0 Å². The molecular weight excluding hydrogens is 428 g/mol. The summed E-state index contributed by atoms with van der Waals surface area (Å²) >= 11 is 7.42. The van der Waals surface area contributed by atoms with Gasteiger partial charge in [-0.2, -0.15) is 0 Å². The van der Waals surface area contributed by atoms with E-state index in [0.717, 1.165) is 12.8 Å². The van der Waals surface area contributed by atoms with Crippen molar-refractivity contribution in [2.45, 2.75) is 25.9 Å². The van der Waals surface area contributed by atoms with Crippen molar-refractivity contribution in [2.75, 3.05) is 0 Å². The quantitative estimate of drug-likeness (QED) is 0.458. The van der Waals surface area contributed by atoms with E-state index in [1.54, 1.807) is 10.4 Å². The van der Waals surface area contributed by atoms with E-state index in [1.807, 2.05) is 0 Å². The van der Waals surface area contributed by atoms with E-state index in [0.29, 0.717) is 0 Å². The lowest BCUT2D eigenvalue weighted by atomic mass is 10.1. The lowest BCUT2D eigenvalue weighted by molar-refractivity contribution is 1.22. The fourth-order valence-electron chi connectivity index (χ4n) is 3.66. The average molecular weight is 446 g/mol. The molecule has 0 N–H and O–H groups in total. The van der Waals surface area contributed by atoms with Gasteiger partial charge < -0.3 is 0 Å². The van der Waals surface area contributed by atoms with Gasteiger partial charge in [0.25, 0.3) is 0 Å². The molecule has 0 nitrogen and oxygen atoms in total. The number of rotatable bonds is 2. The third-order valence-corrected chi connectivity index (χ3v) is 10.5. The molecule has 0 saturated carbocycles. The van der Waals surface area contributed by atoms with E-state index in [2.05, 4.69) is 93.5 Å². The lowest BCUT2D eigenvalue weighted by Crippen LogP contribution is -2.32. The third-order valence-electron chi connectivity index (χ3n) is 5.29. The number of hydrogen-bond acceptors (Lipinski definition) is 0. The number of hydrogen-bond donors (Lipinski definition) is 0. The van der Waals surface area contributed by atoms with Crippen LogP contribution in [0, 0.1) is 0 Å². The molecule has 0 aliphatic heterocycles. The molecule has 0 spiro atoms. The molecule has 0 radical (unpaired) electrons. The molecule has 0 atom stereocenters. The predicted molar refractivity (Wildman–Crippen MR) is 109 cm³/mol. The first-order valence-corrected chi connectivity index (χ1v) is 12.5. The van der Waals surface area contributed by atoms with Gasteiger partial charge in [0.15, 0.2) is 0 Å². The first kappa shape index (κ1) is 15.6. The minimum absolute atomic E-state index is 1.11. The number of fused-ring (bicyclic) bond motifs is 2. The lowest BCUT2D eigenvalue weighted by Gasteiger charge is -2.26. The molecule has 0 heterocycles. The van der Waals surface area contributed by atoms with Gasteiger partial charge in [-0.1, -0.05) is 91.8 Å². The second-order valence-corrected chi connectivity index (χ2v) is 13.2. The van der Waals surface area contributed by atoms with Gasteiger partial charge in [-0.3, -0.25) is 0 Å². The first-order valence-electron chi connectivity index (χ1n) is 7.93. The fraction of sp³-hybridized carbons (Fsp3) is 0.200. The normalized spacial score (nSPS) is 16.0. The summed E-state index contributed by atoms with van der Waals surface area (Å²) in [7, 11) is -1.60. The van der Waals surface area contributed by atoms with Crippen molar-refractivity contribution in [1.29, 1.82) is 0 Å². The summed E-state index contributed by atoms with van der Waals surface area (Å²) in [5.41, 5.74) is 5.71. The molecule has 2 aromatic rings. The smallest absolute Gasteiger partial charge is 0.0714 e. The molecule has 0 aromatic heterocycles. The van der Waals surface area contributed by atoms with Crippen molar-refractivity contribution in [3.63, 3.8) is 0 Å². The van der Waals surface area contributed by atoms with E-state index in [-0.39, 0.29) is 0 Å². The van der Waals surface area contributed by atoms with Gasteiger partial charge in [0.2, 0.25) is 0 Å². The molecule has 3 heteroatoms. The molecule has 2 aliphatic carbocycles. The van der Waals surface area contributed by atoms with E-state index in [4.69, 9.17) is 0 Å². The predicted octanol–water partition coefficient (Wildman–Crippen LogP) is 6.58. The first-order chi connectivity index (χ1) is 11.0. The van der Waals surface area contributed by atoms with Gasteiger partial charge in [0.05, 0.1) is 0 Å². The average Bonchev–Trinajstić information content (AvgIpc) is 3.13. The van der Waals surface area contributed by atoms with Gasteiger partial charge in [-0.15, -0.1) is 0 Å². The molecule has 0 saturated heterocycles. The Bertz CT molecular complexity index is 804. The number of allylic oxidation sites excluding steroid dienone is 2. The van der Waals surface area contributed by atoms with Crippen molar-refractivity contribution in [3.05, 3.63) is 78.0 Å². The maximum Gasteiger partial charge on any atom is 0.103 e. The molecule has 2 aliphatic rings. The highest BCUT2D eigenvalue weighted by Crippen LogP contribution is 2.42. The summed E-state index contributed by atoms with van der Waals surface area (Å²) in [4.78, 5) is 0. The Kier molecular flexibility index (Phi) is 3.78. The highest BCUT2D eigenvalue weighted by molar-refractivity contribution is 9.10. The minimum Gasteiger partial charge on any atom is -0.0714 e. The zero-order chi connectivity index (χ0) is 16.2. The third kappa shape index (κ3) is 2.53. The summed E-state index contributed by atoms with van der Waals surface area (Å²) in [5.74, 6) is 0. The SMILES string of the molecule is C[Si](C)(C1=Cc2c(Br)cccc2C1)C1=Cc2c(Br)cccc2C1.